The van der Waals surface area contributed by atoms with Crippen molar-refractivity contribution >= 4 is 48.0 Å². The molecule has 0 spiro atoms. The summed E-state index contributed by atoms with van der Waals surface area (Å²) in [5, 5.41) is 4.67. The molecule has 0 aromatic carbocycles. The van der Waals surface area contributed by atoms with Gasteiger partial charge in [-0.3, -0.25) is 9.88 Å². The average molecular weight is 373 g/mol. The van der Waals surface area contributed by atoms with E-state index in [9.17, 15) is 0 Å². The summed E-state index contributed by atoms with van der Waals surface area (Å²) in [6, 6.07) is 0.239. The predicted molar refractivity (Wildman–Crippen MR) is 95.4 cm³/mol. The molecule has 0 bridgehead atoms. The fraction of sp³-hybridized carbons (Fsp3) is 0.500. The third-order valence-corrected chi connectivity index (χ3v) is 4.06. The molecule has 1 saturated heterocycles. The lowest BCUT2D eigenvalue weighted by Crippen LogP contribution is -2.45. The minimum atomic E-state index is 0. The molecule has 1 aromatic heterocycles. The first-order chi connectivity index (χ1) is 9.24. The minimum absolute atomic E-state index is 0. The molecule has 0 radical (unpaired) electrons. The first-order valence-corrected chi connectivity index (χ1v) is 7.34. The van der Waals surface area contributed by atoms with Crippen LogP contribution in [-0.2, 0) is 0 Å². The number of rotatable bonds is 5. The highest BCUT2D eigenvalue weighted by atomic mass is 35.5. The van der Waals surface area contributed by atoms with Gasteiger partial charge in [0.25, 0.3) is 0 Å². The van der Waals surface area contributed by atoms with Crippen LogP contribution >= 0.6 is 48.0 Å². The van der Waals surface area contributed by atoms with E-state index >= 15 is 0 Å². The molecule has 1 aliphatic rings. The lowest BCUT2D eigenvalue weighted by atomic mass is 10.0. The molecule has 1 N–H and O–H groups in total. The predicted octanol–water partition coefficient (Wildman–Crippen LogP) is 4.14. The molecule has 0 amide bonds. The summed E-state index contributed by atoms with van der Waals surface area (Å²) in [6.07, 6.45) is 7.21. The zero-order valence-corrected chi connectivity index (χ0v) is 14.9. The second kappa shape index (κ2) is 10.7. The number of nitrogens with one attached hydrogen (secondary N) is 1. The maximum absolute atomic E-state index is 6.31. The van der Waals surface area contributed by atoms with E-state index in [1.54, 1.807) is 12.4 Å². The molecule has 21 heavy (non-hydrogen) atoms. The van der Waals surface area contributed by atoms with Crippen molar-refractivity contribution < 1.29 is 0 Å². The summed E-state index contributed by atoms with van der Waals surface area (Å²) in [5.41, 5.74) is 1.00. The van der Waals surface area contributed by atoms with Gasteiger partial charge in [0.05, 0.1) is 10.0 Å². The van der Waals surface area contributed by atoms with E-state index in [1.807, 2.05) is 6.08 Å². The van der Waals surface area contributed by atoms with Gasteiger partial charge in [-0.1, -0.05) is 29.3 Å². The quantitative estimate of drug-likeness (QED) is 0.787. The number of piperazine rings is 1. The van der Waals surface area contributed by atoms with Crippen LogP contribution in [0.2, 0.25) is 10.0 Å². The zero-order valence-electron chi connectivity index (χ0n) is 11.7. The second-order valence-corrected chi connectivity index (χ2v) is 5.50. The Labute approximate surface area is 148 Å². The molecular weight excluding hydrogens is 352 g/mol. The van der Waals surface area contributed by atoms with Gasteiger partial charge < -0.3 is 5.32 Å². The van der Waals surface area contributed by atoms with Crippen molar-refractivity contribution in [3.05, 3.63) is 40.7 Å². The van der Waals surface area contributed by atoms with Crippen LogP contribution in [0.4, 0.5) is 0 Å². The van der Waals surface area contributed by atoms with Gasteiger partial charge in [0.1, 0.15) is 0 Å². The Bertz CT molecular complexity index is 416. The summed E-state index contributed by atoms with van der Waals surface area (Å²) in [5.74, 6) is 0. The molecule has 0 saturated carbocycles. The van der Waals surface area contributed by atoms with Crippen molar-refractivity contribution in [2.75, 3.05) is 26.2 Å². The highest BCUT2D eigenvalue weighted by Crippen LogP contribution is 2.35. The van der Waals surface area contributed by atoms with Gasteiger partial charge in [-0.2, -0.15) is 0 Å². The lowest BCUT2D eigenvalue weighted by molar-refractivity contribution is 0.166. The van der Waals surface area contributed by atoms with Gasteiger partial charge in [-0.25, -0.2) is 0 Å². The van der Waals surface area contributed by atoms with E-state index < -0.39 is 0 Å². The van der Waals surface area contributed by atoms with E-state index in [-0.39, 0.29) is 30.9 Å². The molecule has 7 heteroatoms. The van der Waals surface area contributed by atoms with Crippen molar-refractivity contribution in [3.63, 3.8) is 0 Å². The first-order valence-electron chi connectivity index (χ1n) is 6.58. The molecule has 1 atom stereocenters. The van der Waals surface area contributed by atoms with Crippen molar-refractivity contribution in [1.82, 2.24) is 15.2 Å². The van der Waals surface area contributed by atoms with Gasteiger partial charge in [-0.15, -0.1) is 31.4 Å². The molecule has 3 nitrogen and oxygen atoms in total. The van der Waals surface area contributed by atoms with E-state index in [0.717, 1.165) is 44.6 Å². The number of aromatic nitrogens is 1. The maximum atomic E-state index is 6.31. The molecule has 0 aliphatic carbocycles. The molecule has 120 valence electrons. The Hall–Kier alpha value is -0.0300. The second-order valence-electron chi connectivity index (χ2n) is 4.68. The SMILES string of the molecule is C=CCC[C@H](c1c(Cl)cncc1Cl)N1CCNCC1.Cl.Cl. The number of hydrogen-bond donors (Lipinski definition) is 1. The van der Waals surface area contributed by atoms with Crippen LogP contribution in [0.3, 0.4) is 0 Å². The third-order valence-electron chi connectivity index (χ3n) is 3.46. The monoisotopic (exact) mass is 371 g/mol. The normalized spacial score (nSPS) is 16.5. The van der Waals surface area contributed by atoms with Crippen molar-refractivity contribution in [3.8, 4) is 0 Å². The molecule has 1 fully saturated rings. The minimum Gasteiger partial charge on any atom is -0.314 e. The fourth-order valence-corrected chi connectivity index (χ4v) is 3.14. The first kappa shape index (κ1) is 21.0. The van der Waals surface area contributed by atoms with Crippen molar-refractivity contribution in [1.29, 1.82) is 0 Å². The van der Waals surface area contributed by atoms with Gasteiger partial charge in [0.15, 0.2) is 0 Å². The largest absolute Gasteiger partial charge is 0.314 e. The molecular formula is C14H21Cl4N3. The van der Waals surface area contributed by atoms with E-state index in [4.69, 9.17) is 23.2 Å². The number of pyridine rings is 1. The average Bonchev–Trinajstić information content (AvgIpc) is 2.43. The molecule has 2 rings (SSSR count). The number of hydrogen-bond acceptors (Lipinski definition) is 3. The highest BCUT2D eigenvalue weighted by molar-refractivity contribution is 6.35. The van der Waals surface area contributed by atoms with Crippen molar-refractivity contribution in [2.24, 2.45) is 0 Å². The van der Waals surface area contributed by atoms with Gasteiger partial charge in [0, 0.05) is 50.2 Å². The highest BCUT2D eigenvalue weighted by Gasteiger charge is 2.25. The van der Waals surface area contributed by atoms with Gasteiger partial charge >= 0.3 is 0 Å². The smallest absolute Gasteiger partial charge is 0.0652 e. The molecule has 1 aromatic rings. The van der Waals surface area contributed by atoms with Crippen LogP contribution in [0, 0.1) is 0 Å². The third kappa shape index (κ3) is 5.59. The summed E-state index contributed by atoms with van der Waals surface area (Å²) in [4.78, 5) is 6.47. The summed E-state index contributed by atoms with van der Waals surface area (Å²) >= 11 is 12.6. The summed E-state index contributed by atoms with van der Waals surface area (Å²) in [7, 11) is 0. The Morgan fingerprint density at radius 1 is 1.24 bits per heavy atom. The summed E-state index contributed by atoms with van der Waals surface area (Å²) < 4.78 is 0. The standard InChI is InChI=1S/C14H19Cl2N3.2ClH/c1-2-3-4-13(19-7-5-17-6-8-19)14-11(15)9-18-10-12(14)16;;/h2,9-10,13,17H,1,3-8H2;2*1H/t13-;;/m1../s1. The van der Waals surface area contributed by atoms with Crippen LogP contribution in [0.5, 0.6) is 0 Å². The van der Waals surface area contributed by atoms with Gasteiger partial charge in [-0.05, 0) is 12.8 Å². The fourth-order valence-electron chi connectivity index (χ4n) is 2.52. The molecule has 0 unspecified atom stereocenters. The topological polar surface area (TPSA) is 28.2 Å². The van der Waals surface area contributed by atoms with Gasteiger partial charge in [0.2, 0.25) is 0 Å². The van der Waals surface area contributed by atoms with Crippen molar-refractivity contribution in [2.45, 2.75) is 18.9 Å². The summed E-state index contributed by atoms with van der Waals surface area (Å²) in [6.45, 7) is 7.84. The number of halogens is 4. The van der Waals surface area contributed by atoms with Crippen LogP contribution < -0.4 is 5.32 Å². The van der Waals surface area contributed by atoms with E-state index in [2.05, 4.69) is 21.8 Å². The Balaban J connectivity index is 0.00000200. The van der Waals surface area contributed by atoms with Crippen LogP contribution in [0.25, 0.3) is 0 Å². The van der Waals surface area contributed by atoms with Crippen LogP contribution in [0.1, 0.15) is 24.4 Å². The Morgan fingerprint density at radius 3 is 2.33 bits per heavy atom. The number of allylic oxidation sites excluding steroid dienone is 1. The van der Waals surface area contributed by atoms with E-state index in [1.165, 1.54) is 0 Å². The zero-order chi connectivity index (χ0) is 13.7. The maximum Gasteiger partial charge on any atom is 0.0652 e. The van der Waals surface area contributed by atoms with Crippen LogP contribution in [0.15, 0.2) is 25.0 Å². The lowest BCUT2D eigenvalue weighted by Gasteiger charge is -2.35. The van der Waals surface area contributed by atoms with Crippen LogP contribution in [-0.4, -0.2) is 36.1 Å². The number of nitrogens with zero attached hydrogens (tertiary/aromatic N) is 2. The molecule has 2 heterocycles. The Morgan fingerprint density at radius 2 is 1.81 bits per heavy atom. The Kier molecular flexibility index (Phi) is 10.6. The van der Waals surface area contributed by atoms with E-state index in [0.29, 0.717) is 10.0 Å². The molecule has 1 aliphatic heterocycles.